The van der Waals surface area contributed by atoms with Crippen molar-refractivity contribution in [2.75, 3.05) is 6.54 Å². The van der Waals surface area contributed by atoms with Crippen LogP contribution in [0.15, 0.2) is 54.6 Å². The van der Waals surface area contributed by atoms with Gasteiger partial charge >= 0.3 is 5.97 Å². The van der Waals surface area contributed by atoms with Gasteiger partial charge < -0.3 is 51.3 Å². The summed E-state index contributed by atoms with van der Waals surface area (Å²) in [6.45, 7) is 0.212. The third-order valence-electron chi connectivity index (χ3n) is 4.87. The van der Waals surface area contributed by atoms with Gasteiger partial charge in [0.05, 0.1) is 0 Å². The lowest BCUT2D eigenvalue weighted by molar-refractivity contribution is -0.147. The number of carboxylic acids is 1. The van der Waals surface area contributed by atoms with Gasteiger partial charge in [0.15, 0.2) is 46.7 Å². The third-order valence-corrected chi connectivity index (χ3v) is 4.87. The number of phenols is 6. The number of hydrogen-bond acceptors (Lipinski definition) is 10. The summed E-state index contributed by atoms with van der Waals surface area (Å²) >= 11 is 0. The van der Waals surface area contributed by atoms with Crippen LogP contribution in [0.2, 0.25) is 0 Å². The number of benzene rings is 3. The van der Waals surface area contributed by atoms with Crippen molar-refractivity contribution in [3.05, 3.63) is 71.3 Å². The molecule has 192 valence electrons. The summed E-state index contributed by atoms with van der Waals surface area (Å²) in [5.74, 6) is -4.11. The molecule has 10 N–H and O–H groups in total. The molecule has 3 aromatic rings. The van der Waals surface area contributed by atoms with Crippen molar-refractivity contribution in [1.82, 2.24) is 5.32 Å². The number of carbonyl (C=O) groups is 2. The first kappa shape index (κ1) is 27.6. The van der Waals surface area contributed by atoms with Crippen LogP contribution in [-0.4, -0.2) is 64.4 Å². The molecule has 0 aliphatic rings. The smallest absolute Gasteiger partial charge is 0.337 e. The van der Waals surface area contributed by atoms with E-state index in [1.165, 1.54) is 30.3 Å². The van der Waals surface area contributed by atoms with E-state index in [0.29, 0.717) is 12.0 Å². The van der Waals surface area contributed by atoms with Gasteiger partial charge in [-0.25, -0.2) is 4.79 Å². The monoisotopic (exact) mass is 503 g/mol. The van der Waals surface area contributed by atoms with Crippen molar-refractivity contribution < 1.29 is 55.5 Å². The van der Waals surface area contributed by atoms with Crippen LogP contribution in [0.1, 0.15) is 28.9 Å². The Morgan fingerprint density at radius 1 is 0.639 bits per heavy atom. The summed E-state index contributed by atoms with van der Waals surface area (Å²) in [5.41, 5.74) is 0.875. The van der Waals surface area contributed by atoms with Gasteiger partial charge in [-0.05, 0) is 59.5 Å². The number of aliphatic hydroxyl groups is 2. The first-order valence-corrected chi connectivity index (χ1v) is 10.3. The van der Waals surface area contributed by atoms with Crippen LogP contribution >= 0.6 is 0 Å². The fourth-order valence-electron chi connectivity index (χ4n) is 2.87. The number of carboxylic acid groups (broad SMARTS) is 1. The molecule has 1 amide bonds. The Morgan fingerprint density at radius 3 is 1.53 bits per heavy atom. The Kier molecular flexibility index (Phi) is 9.30. The minimum atomic E-state index is -1.69. The maximum Gasteiger partial charge on any atom is 0.337 e. The van der Waals surface area contributed by atoms with E-state index < -0.39 is 35.6 Å². The molecule has 0 aliphatic heterocycles. The summed E-state index contributed by atoms with van der Waals surface area (Å²) in [4.78, 5) is 22.2. The molecule has 0 aliphatic carbocycles. The van der Waals surface area contributed by atoms with Crippen LogP contribution in [0, 0.1) is 0 Å². The first-order chi connectivity index (χ1) is 16.9. The van der Waals surface area contributed by atoms with Gasteiger partial charge in [0.2, 0.25) is 0 Å². The maximum atomic E-state index is 11.9. The highest BCUT2D eigenvalue weighted by Gasteiger charge is 2.18. The normalized spacial score (nSPS) is 12.1. The Labute approximate surface area is 204 Å². The highest BCUT2D eigenvalue weighted by molar-refractivity contribution is 5.82. The summed E-state index contributed by atoms with van der Waals surface area (Å²) in [7, 11) is 0. The minimum absolute atomic E-state index is 0.0165. The molecule has 0 saturated carbocycles. The maximum absolute atomic E-state index is 11.9. The molecule has 0 fully saturated rings. The number of carbonyl (C=O) groups excluding carboxylic acids is 1. The average molecular weight is 503 g/mol. The van der Waals surface area contributed by atoms with Crippen LogP contribution in [0.3, 0.4) is 0 Å². The summed E-state index contributed by atoms with van der Waals surface area (Å²) < 4.78 is 0. The van der Waals surface area contributed by atoms with Crippen molar-refractivity contribution in [2.45, 2.75) is 18.6 Å². The van der Waals surface area contributed by atoms with Crippen LogP contribution in [-0.2, 0) is 16.0 Å². The molecular formula is C24H25NO11. The Balaban J connectivity index is 0.000000297. The number of amides is 1. The molecular weight excluding hydrogens is 478 g/mol. The van der Waals surface area contributed by atoms with E-state index in [9.17, 15) is 35.1 Å². The molecule has 0 aromatic heterocycles. The van der Waals surface area contributed by atoms with Gasteiger partial charge in [0.1, 0.15) is 0 Å². The number of aromatic hydroxyl groups is 6. The number of nitrogens with one attached hydrogen (secondary N) is 1. The number of phenolic OH excluding ortho intramolecular Hbond substituents is 6. The molecule has 12 heteroatoms. The fraction of sp³-hybridized carbons (Fsp3) is 0.167. The van der Waals surface area contributed by atoms with E-state index in [2.05, 4.69) is 5.32 Å². The van der Waals surface area contributed by atoms with Crippen molar-refractivity contribution in [1.29, 1.82) is 0 Å². The van der Waals surface area contributed by atoms with Crippen molar-refractivity contribution in [2.24, 2.45) is 0 Å². The van der Waals surface area contributed by atoms with Gasteiger partial charge in [-0.1, -0.05) is 18.2 Å². The number of hydrogen-bond donors (Lipinski definition) is 10. The minimum Gasteiger partial charge on any atom is -0.504 e. The Bertz CT molecular complexity index is 1230. The predicted molar refractivity (Wildman–Crippen MR) is 124 cm³/mol. The van der Waals surface area contributed by atoms with Crippen LogP contribution in [0.25, 0.3) is 0 Å². The zero-order valence-corrected chi connectivity index (χ0v) is 18.6. The second-order valence-corrected chi connectivity index (χ2v) is 7.50. The molecule has 0 saturated heterocycles. The van der Waals surface area contributed by atoms with Crippen LogP contribution in [0.4, 0.5) is 0 Å². The Hall–Kier alpha value is -4.68. The van der Waals surface area contributed by atoms with E-state index in [4.69, 9.17) is 20.4 Å². The summed E-state index contributed by atoms with van der Waals surface area (Å²) in [5, 5.41) is 84.9. The zero-order valence-electron chi connectivity index (χ0n) is 18.6. The SMILES string of the molecule is O=C(NCCc1ccc(O)c(O)c1)C(O)c1ccc(O)c(O)c1.O=C(O)C(O)c1ccc(O)c(O)c1. The van der Waals surface area contributed by atoms with Crippen LogP contribution < -0.4 is 5.32 Å². The molecule has 12 nitrogen and oxygen atoms in total. The molecule has 3 aromatic carbocycles. The second-order valence-electron chi connectivity index (χ2n) is 7.50. The van der Waals surface area contributed by atoms with E-state index in [1.807, 2.05) is 0 Å². The molecule has 0 bridgehead atoms. The number of aliphatic carboxylic acids is 1. The molecule has 0 heterocycles. The van der Waals surface area contributed by atoms with Gasteiger partial charge in [-0.3, -0.25) is 4.79 Å². The third kappa shape index (κ3) is 7.41. The van der Waals surface area contributed by atoms with Crippen molar-refractivity contribution >= 4 is 11.9 Å². The lowest BCUT2D eigenvalue weighted by Crippen LogP contribution is -2.30. The van der Waals surface area contributed by atoms with E-state index in [0.717, 1.165) is 18.2 Å². The number of aliphatic hydroxyl groups excluding tert-OH is 2. The largest absolute Gasteiger partial charge is 0.504 e. The first-order valence-electron chi connectivity index (χ1n) is 10.3. The molecule has 3 rings (SSSR count). The summed E-state index contributed by atoms with van der Waals surface area (Å²) in [6.07, 6.45) is -2.77. The predicted octanol–water partition coefficient (Wildman–Crippen LogP) is 1.12. The molecule has 0 spiro atoms. The van der Waals surface area contributed by atoms with E-state index >= 15 is 0 Å². The fourth-order valence-corrected chi connectivity index (χ4v) is 2.87. The molecule has 36 heavy (non-hydrogen) atoms. The highest BCUT2D eigenvalue weighted by Crippen LogP contribution is 2.29. The van der Waals surface area contributed by atoms with Gasteiger partial charge in [0, 0.05) is 6.54 Å². The Morgan fingerprint density at radius 2 is 1.08 bits per heavy atom. The van der Waals surface area contributed by atoms with Crippen LogP contribution in [0.5, 0.6) is 34.5 Å². The van der Waals surface area contributed by atoms with Crippen molar-refractivity contribution in [3.63, 3.8) is 0 Å². The molecule has 2 unspecified atom stereocenters. The quantitative estimate of drug-likeness (QED) is 0.205. The summed E-state index contributed by atoms with van der Waals surface area (Å²) in [6, 6.07) is 11.3. The van der Waals surface area contributed by atoms with Crippen molar-refractivity contribution in [3.8, 4) is 34.5 Å². The topological polar surface area (TPSA) is 228 Å². The molecule has 2 atom stereocenters. The number of rotatable bonds is 7. The zero-order chi connectivity index (χ0) is 27.0. The van der Waals surface area contributed by atoms with E-state index in [-0.39, 0.29) is 40.7 Å². The lowest BCUT2D eigenvalue weighted by Gasteiger charge is -2.12. The second kappa shape index (κ2) is 12.1. The molecule has 0 radical (unpaired) electrons. The lowest BCUT2D eigenvalue weighted by atomic mass is 10.1. The van der Waals surface area contributed by atoms with Gasteiger partial charge in [-0.15, -0.1) is 0 Å². The average Bonchev–Trinajstić information content (AvgIpc) is 2.84. The highest BCUT2D eigenvalue weighted by atomic mass is 16.4. The standard InChI is InChI=1S/C16H17NO6.C8H8O5/c18-11-3-1-9(7-13(11)20)5-6-17-16(23)15(22)10-2-4-12(19)14(21)8-10;9-5-2-1-4(3-6(5)10)7(11)8(12)13/h1-4,7-8,15,18-22H,5-6H2,(H,17,23);1-3,7,9-11H,(H,12,13). The van der Waals surface area contributed by atoms with Gasteiger partial charge in [0.25, 0.3) is 5.91 Å². The van der Waals surface area contributed by atoms with E-state index in [1.54, 1.807) is 6.07 Å². The van der Waals surface area contributed by atoms with Gasteiger partial charge in [-0.2, -0.15) is 0 Å².